The molecule has 1 aliphatic heterocycles. The van der Waals surface area contributed by atoms with E-state index >= 15 is 0 Å². The molecule has 0 saturated carbocycles. The minimum Gasteiger partial charge on any atom is -0.394 e. The molecule has 1 aliphatic rings. The van der Waals surface area contributed by atoms with Gasteiger partial charge in [-0.25, -0.2) is 4.39 Å². The van der Waals surface area contributed by atoms with Crippen molar-refractivity contribution in [2.75, 3.05) is 6.61 Å². The topological polar surface area (TPSA) is 49.7 Å². The fourth-order valence-corrected chi connectivity index (χ4v) is 1.07. The quantitative estimate of drug-likeness (QED) is 0.528. The molecule has 0 aromatic rings. The van der Waals surface area contributed by atoms with Gasteiger partial charge in [-0.05, 0) is 6.92 Å². The van der Waals surface area contributed by atoms with Crippen LogP contribution in [0.3, 0.4) is 0 Å². The summed E-state index contributed by atoms with van der Waals surface area (Å²) in [4.78, 5) is 0. The first-order chi connectivity index (χ1) is 4.66. The van der Waals surface area contributed by atoms with Crippen LogP contribution in [0.15, 0.2) is 0 Å². The van der Waals surface area contributed by atoms with E-state index in [9.17, 15) is 4.39 Å². The van der Waals surface area contributed by atoms with Crippen LogP contribution < -0.4 is 0 Å². The number of halogens is 1. The van der Waals surface area contributed by atoms with E-state index in [1.54, 1.807) is 0 Å². The fraction of sp³-hybridized carbons (Fsp3) is 1.00. The van der Waals surface area contributed by atoms with Crippen molar-refractivity contribution in [1.82, 2.24) is 0 Å². The number of hydrogen-bond acceptors (Lipinski definition) is 3. The maximum atomic E-state index is 12.7. The number of hydrogen-bond donors (Lipinski definition) is 2. The SMILES string of the molecule is C[C@@H]1O[C@H](CO)[C@@H](O)[C@@H]1F. The van der Waals surface area contributed by atoms with Crippen LogP contribution in [-0.2, 0) is 4.74 Å². The summed E-state index contributed by atoms with van der Waals surface area (Å²) in [5, 5.41) is 17.5. The van der Waals surface area contributed by atoms with Crippen LogP contribution in [0.1, 0.15) is 6.92 Å². The molecule has 4 atom stereocenters. The molecule has 0 bridgehead atoms. The van der Waals surface area contributed by atoms with Crippen molar-refractivity contribution in [2.45, 2.75) is 31.4 Å². The van der Waals surface area contributed by atoms with Gasteiger partial charge in [-0.1, -0.05) is 0 Å². The molecule has 0 spiro atoms. The predicted octanol–water partition coefficient (Wildman–Crippen LogP) is -0.535. The third-order valence-electron chi connectivity index (χ3n) is 1.73. The zero-order valence-electron chi connectivity index (χ0n) is 5.70. The number of aliphatic hydroxyl groups is 2. The Kier molecular flexibility index (Phi) is 2.23. The molecule has 10 heavy (non-hydrogen) atoms. The highest BCUT2D eigenvalue weighted by molar-refractivity contribution is 4.88. The predicted molar refractivity (Wildman–Crippen MR) is 32.3 cm³/mol. The standard InChI is InChI=1S/C6H11FO3/c1-3-5(7)6(9)4(2-8)10-3/h3-6,8-9H,2H2,1H3/t3-,4+,5+,6+/m0/s1. The van der Waals surface area contributed by atoms with Crippen molar-refractivity contribution >= 4 is 0 Å². The van der Waals surface area contributed by atoms with E-state index < -0.39 is 24.5 Å². The zero-order chi connectivity index (χ0) is 7.72. The average Bonchev–Trinajstić information content (AvgIpc) is 2.17. The number of alkyl halides is 1. The molecule has 1 saturated heterocycles. The van der Waals surface area contributed by atoms with Gasteiger partial charge in [-0.2, -0.15) is 0 Å². The van der Waals surface area contributed by atoms with Gasteiger partial charge in [0.2, 0.25) is 0 Å². The van der Waals surface area contributed by atoms with Crippen molar-refractivity contribution in [1.29, 1.82) is 0 Å². The third-order valence-corrected chi connectivity index (χ3v) is 1.73. The Balaban J connectivity index is 2.53. The van der Waals surface area contributed by atoms with Gasteiger partial charge in [-0.15, -0.1) is 0 Å². The Morgan fingerprint density at radius 1 is 1.60 bits per heavy atom. The fourth-order valence-electron chi connectivity index (χ4n) is 1.07. The molecular weight excluding hydrogens is 139 g/mol. The smallest absolute Gasteiger partial charge is 0.154 e. The zero-order valence-corrected chi connectivity index (χ0v) is 5.70. The van der Waals surface area contributed by atoms with Gasteiger partial charge >= 0.3 is 0 Å². The molecule has 1 rings (SSSR count). The summed E-state index contributed by atoms with van der Waals surface area (Å²) < 4.78 is 17.5. The van der Waals surface area contributed by atoms with E-state index in [-0.39, 0.29) is 6.61 Å². The van der Waals surface area contributed by atoms with Crippen molar-refractivity contribution < 1.29 is 19.3 Å². The summed E-state index contributed by atoms with van der Waals surface area (Å²) >= 11 is 0. The second kappa shape index (κ2) is 2.82. The highest BCUT2D eigenvalue weighted by atomic mass is 19.1. The highest BCUT2D eigenvalue weighted by Crippen LogP contribution is 2.22. The molecular formula is C6H11FO3. The second-order valence-corrected chi connectivity index (χ2v) is 2.50. The van der Waals surface area contributed by atoms with Crippen molar-refractivity contribution in [2.24, 2.45) is 0 Å². The maximum Gasteiger partial charge on any atom is 0.154 e. The van der Waals surface area contributed by atoms with Gasteiger partial charge in [0.25, 0.3) is 0 Å². The van der Waals surface area contributed by atoms with E-state index in [4.69, 9.17) is 14.9 Å². The first-order valence-corrected chi connectivity index (χ1v) is 3.25. The summed E-state index contributed by atoms with van der Waals surface area (Å²) in [5.41, 5.74) is 0. The summed E-state index contributed by atoms with van der Waals surface area (Å²) in [6.07, 6.45) is -3.88. The van der Waals surface area contributed by atoms with Crippen molar-refractivity contribution in [3.8, 4) is 0 Å². The van der Waals surface area contributed by atoms with E-state index in [1.165, 1.54) is 6.92 Å². The van der Waals surface area contributed by atoms with Crippen LogP contribution in [-0.4, -0.2) is 41.3 Å². The molecule has 0 radical (unpaired) electrons. The highest BCUT2D eigenvalue weighted by Gasteiger charge is 2.40. The molecule has 0 aromatic carbocycles. The molecule has 3 nitrogen and oxygen atoms in total. The lowest BCUT2D eigenvalue weighted by Gasteiger charge is -2.09. The van der Waals surface area contributed by atoms with Crippen molar-refractivity contribution in [3.63, 3.8) is 0 Å². The lowest BCUT2D eigenvalue weighted by molar-refractivity contribution is -0.0171. The second-order valence-electron chi connectivity index (χ2n) is 2.50. The minimum absolute atomic E-state index is 0.327. The monoisotopic (exact) mass is 150 g/mol. The molecule has 0 aromatic heterocycles. The van der Waals surface area contributed by atoms with Crippen molar-refractivity contribution in [3.05, 3.63) is 0 Å². The lowest BCUT2D eigenvalue weighted by Crippen LogP contribution is -2.30. The Labute approximate surface area is 58.4 Å². The molecule has 1 fully saturated rings. The van der Waals surface area contributed by atoms with E-state index in [1.807, 2.05) is 0 Å². The van der Waals surface area contributed by atoms with E-state index in [0.717, 1.165) is 0 Å². The molecule has 60 valence electrons. The van der Waals surface area contributed by atoms with Gasteiger partial charge in [0.1, 0.15) is 12.2 Å². The molecule has 1 heterocycles. The molecule has 2 N–H and O–H groups in total. The Hall–Kier alpha value is -0.190. The average molecular weight is 150 g/mol. The molecule has 0 amide bonds. The largest absolute Gasteiger partial charge is 0.394 e. The summed E-state index contributed by atoms with van der Waals surface area (Å²) in [5.74, 6) is 0. The van der Waals surface area contributed by atoms with E-state index in [0.29, 0.717) is 0 Å². The molecule has 0 unspecified atom stereocenters. The third kappa shape index (κ3) is 1.14. The summed E-state index contributed by atoms with van der Waals surface area (Å²) in [6, 6.07) is 0. The summed E-state index contributed by atoms with van der Waals surface area (Å²) in [7, 11) is 0. The van der Waals surface area contributed by atoms with Crippen LogP contribution >= 0.6 is 0 Å². The first kappa shape index (κ1) is 7.91. The first-order valence-electron chi connectivity index (χ1n) is 3.25. The minimum atomic E-state index is -1.36. The Morgan fingerprint density at radius 3 is 2.40 bits per heavy atom. The number of aliphatic hydroxyl groups excluding tert-OH is 2. The molecule has 4 heteroatoms. The van der Waals surface area contributed by atoms with Gasteiger partial charge < -0.3 is 14.9 Å². The van der Waals surface area contributed by atoms with Crippen LogP contribution in [0.2, 0.25) is 0 Å². The van der Waals surface area contributed by atoms with Gasteiger partial charge in [0, 0.05) is 0 Å². The Morgan fingerprint density at radius 2 is 2.20 bits per heavy atom. The van der Waals surface area contributed by atoms with Gasteiger partial charge in [0.15, 0.2) is 6.17 Å². The van der Waals surface area contributed by atoms with Crippen LogP contribution in [0.25, 0.3) is 0 Å². The summed E-state index contributed by atoms with van der Waals surface area (Å²) in [6.45, 7) is 1.20. The lowest BCUT2D eigenvalue weighted by atomic mass is 10.1. The Bertz CT molecular complexity index is 120. The van der Waals surface area contributed by atoms with Gasteiger partial charge in [-0.3, -0.25) is 0 Å². The number of rotatable bonds is 1. The van der Waals surface area contributed by atoms with Gasteiger partial charge in [0.05, 0.1) is 12.7 Å². The van der Waals surface area contributed by atoms with Crippen LogP contribution in [0, 0.1) is 0 Å². The normalized spacial score (nSPS) is 48.0. The molecule has 0 aliphatic carbocycles. The van der Waals surface area contributed by atoms with Crippen LogP contribution in [0.5, 0.6) is 0 Å². The number of ether oxygens (including phenoxy) is 1. The maximum absolute atomic E-state index is 12.7. The van der Waals surface area contributed by atoms with Crippen LogP contribution in [0.4, 0.5) is 4.39 Å². The van der Waals surface area contributed by atoms with E-state index in [2.05, 4.69) is 0 Å².